The molecule has 0 bridgehead atoms. The van der Waals surface area contributed by atoms with Gasteiger partial charge in [-0.05, 0) is 6.42 Å². The molecule has 4 nitrogen and oxygen atoms in total. The van der Waals surface area contributed by atoms with Crippen molar-refractivity contribution in [1.29, 1.82) is 0 Å². The zero-order valence-corrected chi connectivity index (χ0v) is 18.8. The van der Waals surface area contributed by atoms with E-state index in [1.165, 1.54) is 122 Å². The minimum atomic E-state index is -1.19. The third-order valence-electron chi connectivity index (χ3n) is 5.15. The summed E-state index contributed by atoms with van der Waals surface area (Å²) in [6.45, 7) is 1.89. The quantitative estimate of drug-likeness (QED) is 0.183. The normalized spacial score (nSPS) is 10.5. The first-order valence-electron chi connectivity index (χ1n) is 12.1. The van der Waals surface area contributed by atoms with E-state index < -0.39 is 12.6 Å². The molecule has 0 amide bonds. The summed E-state index contributed by atoms with van der Waals surface area (Å²) in [6, 6.07) is 0. The maximum atomic E-state index is 9.12. The highest BCUT2D eigenvalue weighted by Crippen LogP contribution is 2.14. The number of carboxylic acid groups (broad SMARTS) is 1. The second kappa shape index (κ2) is 28.6. The molecule has 4 heteroatoms. The van der Waals surface area contributed by atoms with E-state index in [0.29, 0.717) is 6.61 Å². The van der Waals surface area contributed by atoms with E-state index in [4.69, 9.17) is 20.1 Å². The minimum Gasteiger partial charge on any atom is -0.480 e. The molecule has 0 aromatic rings. The van der Waals surface area contributed by atoms with Gasteiger partial charge in [-0.15, -0.1) is 0 Å². The Hall–Kier alpha value is -0.610. The molecule has 0 aliphatic heterocycles. The van der Waals surface area contributed by atoms with Gasteiger partial charge in [-0.1, -0.05) is 129 Å². The Morgan fingerprint density at radius 2 is 0.714 bits per heavy atom. The fourth-order valence-corrected chi connectivity index (χ4v) is 3.37. The van der Waals surface area contributed by atoms with E-state index in [1.807, 2.05) is 0 Å². The predicted octanol–water partition coefficient (Wildman–Crippen LogP) is 6.86. The summed E-state index contributed by atoms with van der Waals surface area (Å²) in [5, 5.41) is 23.7. The highest BCUT2D eigenvalue weighted by Gasteiger charge is 1.95. The first kappa shape index (κ1) is 29.6. The molecular weight excluding hydrogens is 352 g/mol. The van der Waals surface area contributed by atoms with Gasteiger partial charge >= 0.3 is 5.97 Å². The molecule has 0 unspecified atom stereocenters. The van der Waals surface area contributed by atoms with Crippen LogP contribution in [0.3, 0.4) is 0 Å². The molecule has 0 aliphatic rings. The van der Waals surface area contributed by atoms with Crippen molar-refractivity contribution in [2.45, 2.75) is 135 Å². The first-order valence-corrected chi connectivity index (χ1v) is 12.1. The van der Waals surface area contributed by atoms with E-state index in [9.17, 15) is 0 Å². The van der Waals surface area contributed by atoms with Crippen molar-refractivity contribution < 1.29 is 20.1 Å². The zero-order chi connectivity index (χ0) is 21.1. The van der Waals surface area contributed by atoms with E-state index >= 15 is 0 Å². The van der Waals surface area contributed by atoms with Crippen LogP contribution in [0.5, 0.6) is 0 Å². The number of aliphatic carboxylic acids is 1. The molecule has 0 atom stereocenters. The van der Waals surface area contributed by atoms with Gasteiger partial charge in [0, 0.05) is 6.61 Å². The molecule has 170 valence electrons. The molecule has 0 aliphatic carbocycles. The van der Waals surface area contributed by atoms with Crippen LogP contribution in [0, 0.1) is 0 Å². The maximum Gasteiger partial charge on any atom is 0.329 e. The van der Waals surface area contributed by atoms with Gasteiger partial charge in [0.25, 0.3) is 0 Å². The largest absolute Gasteiger partial charge is 0.480 e. The molecule has 3 N–H and O–H groups in total. The highest BCUT2D eigenvalue weighted by atomic mass is 16.4. The van der Waals surface area contributed by atoms with Crippen molar-refractivity contribution in [2.75, 3.05) is 13.2 Å². The Balaban J connectivity index is 0. The van der Waals surface area contributed by atoms with Crippen LogP contribution in [0.2, 0.25) is 0 Å². The monoisotopic (exact) mass is 402 g/mol. The molecule has 0 saturated heterocycles. The number of aliphatic hydroxyl groups is 2. The van der Waals surface area contributed by atoms with Crippen LogP contribution in [0.15, 0.2) is 0 Å². The topological polar surface area (TPSA) is 77.8 Å². The van der Waals surface area contributed by atoms with Crippen molar-refractivity contribution in [3.05, 3.63) is 0 Å². The Bertz CT molecular complexity index is 262. The lowest BCUT2D eigenvalue weighted by atomic mass is 10.0. The molecule has 0 spiro atoms. The lowest BCUT2D eigenvalue weighted by molar-refractivity contribution is -0.140. The van der Waals surface area contributed by atoms with Crippen LogP contribution >= 0.6 is 0 Å². The SMILES string of the molecule is CCCCCCCCCCCCCCCCCCCCCCO.O=C(O)CO. The van der Waals surface area contributed by atoms with Gasteiger partial charge in [-0.25, -0.2) is 4.79 Å². The minimum absolute atomic E-state index is 0.374. The fourth-order valence-electron chi connectivity index (χ4n) is 3.37. The number of hydrogen-bond acceptors (Lipinski definition) is 3. The average molecular weight is 403 g/mol. The molecule has 0 radical (unpaired) electrons. The lowest BCUT2D eigenvalue weighted by Gasteiger charge is -2.03. The van der Waals surface area contributed by atoms with Crippen LogP contribution in [0.4, 0.5) is 0 Å². The van der Waals surface area contributed by atoms with Crippen LogP contribution in [0.1, 0.15) is 135 Å². The number of aliphatic hydroxyl groups excluding tert-OH is 2. The van der Waals surface area contributed by atoms with Crippen LogP contribution in [0.25, 0.3) is 0 Å². The third-order valence-corrected chi connectivity index (χ3v) is 5.15. The molecular formula is C24H50O4. The molecule has 0 saturated carbocycles. The molecule has 0 aromatic heterocycles. The molecule has 0 fully saturated rings. The summed E-state index contributed by atoms with van der Waals surface area (Å²) in [6.07, 6.45) is 28.1. The summed E-state index contributed by atoms with van der Waals surface area (Å²) >= 11 is 0. The molecule has 0 heterocycles. The van der Waals surface area contributed by atoms with E-state index in [0.717, 1.165) is 6.42 Å². The van der Waals surface area contributed by atoms with Gasteiger partial charge in [-0.3, -0.25) is 0 Å². The Kier molecular flexibility index (Phi) is 30.2. The van der Waals surface area contributed by atoms with E-state index in [-0.39, 0.29) is 0 Å². The Labute approximate surface area is 175 Å². The molecule has 28 heavy (non-hydrogen) atoms. The van der Waals surface area contributed by atoms with Crippen molar-refractivity contribution in [3.8, 4) is 0 Å². The van der Waals surface area contributed by atoms with Gasteiger partial charge in [0.15, 0.2) is 0 Å². The van der Waals surface area contributed by atoms with Gasteiger partial charge in [0.05, 0.1) is 0 Å². The predicted molar refractivity (Wildman–Crippen MR) is 120 cm³/mol. The summed E-state index contributed by atoms with van der Waals surface area (Å²) in [4.78, 5) is 9.12. The van der Waals surface area contributed by atoms with Gasteiger partial charge in [0.2, 0.25) is 0 Å². The van der Waals surface area contributed by atoms with E-state index in [1.54, 1.807) is 0 Å². The fraction of sp³-hybridized carbons (Fsp3) is 0.958. The highest BCUT2D eigenvalue weighted by molar-refractivity contribution is 5.67. The maximum absolute atomic E-state index is 9.12. The number of unbranched alkanes of at least 4 members (excludes halogenated alkanes) is 19. The third kappa shape index (κ3) is 33.0. The Morgan fingerprint density at radius 1 is 0.500 bits per heavy atom. The smallest absolute Gasteiger partial charge is 0.329 e. The van der Waals surface area contributed by atoms with Crippen molar-refractivity contribution in [3.63, 3.8) is 0 Å². The summed E-state index contributed by atoms with van der Waals surface area (Å²) in [7, 11) is 0. The molecule has 0 aromatic carbocycles. The number of rotatable bonds is 21. The van der Waals surface area contributed by atoms with Crippen LogP contribution in [-0.2, 0) is 4.79 Å². The van der Waals surface area contributed by atoms with Crippen molar-refractivity contribution >= 4 is 5.97 Å². The van der Waals surface area contributed by atoms with Crippen LogP contribution < -0.4 is 0 Å². The van der Waals surface area contributed by atoms with Crippen molar-refractivity contribution in [2.24, 2.45) is 0 Å². The van der Waals surface area contributed by atoms with Crippen LogP contribution in [-0.4, -0.2) is 34.5 Å². The summed E-state index contributed by atoms with van der Waals surface area (Å²) in [5.74, 6) is -1.19. The second-order valence-electron chi connectivity index (χ2n) is 7.99. The number of carbonyl (C=O) groups is 1. The first-order chi connectivity index (χ1) is 13.7. The van der Waals surface area contributed by atoms with Gasteiger partial charge in [-0.2, -0.15) is 0 Å². The number of hydrogen-bond donors (Lipinski definition) is 3. The van der Waals surface area contributed by atoms with E-state index in [2.05, 4.69) is 6.92 Å². The standard InChI is InChI=1S/C22H46O.C2H4O3/c1-2-3-4-5-6-7-8-9-10-11-12-13-14-15-16-17-18-19-20-21-22-23;3-1-2(4)5/h23H,2-22H2,1H3;3H,1H2,(H,4,5). The van der Waals surface area contributed by atoms with Gasteiger partial charge in [0.1, 0.15) is 6.61 Å². The zero-order valence-electron chi connectivity index (χ0n) is 18.8. The lowest BCUT2D eigenvalue weighted by Crippen LogP contribution is -1.98. The van der Waals surface area contributed by atoms with Crippen molar-refractivity contribution in [1.82, 2.24) is 0 Å². The summed E-state index contributed by atoms with van der Waals surface area (Å²) < 4.78 is 0. The van der Waals surface area contributed by atoms with Gasteiger partial charge < -0.3 is 15.3 Å². The summed E-state index contributed by atoms with van der Waals surface area (Å²) in [5.41, 5.74) is 0. The second-order valence-corrected chi connectivity index (χ2v) is 7.99. The Morgan fingerprint density at radius 3 is 0.893 bits per heavy atom. The average Bonchev–Trinajstić information content (AvgIpc) is 2.70. The molecule has 0 rings (SSSR count). The number of carboxylic acids is 1.